The Morgan fingerprint density at radius 1 is 1.55 bits per heavy atom. The van der Waals surface area contributed by atoms with E-state index < -0.39 is 11.9 Å². The first-order valence-corrected chi connectivity index (χ1v) is 3.19. The highest BCUT2D eigenvalue weighted by Crippen LogP contribution is 1.99. The molecular weight excluding hydrogens is 148 g/mol. The van der Waals surface area contributed by atoms with Gasteiger partial charge in [-0.15, -0.1) is 0 Å². The summed E-state index contributed by atoms with van der Waals surface area (Å²) in [6.45, 7) is 2.92. The molecule has 0 aliphatic heterocycles. The van der Waals surface area contributed by atoms with Gasteiger partial charge < -0.3 is 9.84 Å². The van der Waals surface area contributed by atoms with Crippen molar-refractivity contribution in [1.29, 1.82) is 0 Å². The van der Waals surface area contributed by atoms with Crippen LogP contribution in [0.3, 0.4) is 0 Å². The topological polar surface area (TPSA) is 63.6 Å². The number of carboxylic acids is 1. The second-order valence-electron chi connectivity index (χ2n) is 1.88. The van der Waals surface area contributed by atoms with E-state index in [0.29, 0.717) is 6.42 Å². The number of hydrogen-bond acceptors (Lipinski definition) is 3. The van der Waals surface area contributed by atoms with Gasteiger partial charge in [0.2, 0.25) is 5.76 Å². The fraction of sp³-hybridized carbons (Fsp3) is 0.429. The average Bonchev–Trinajstić information content (AvgIpc) is 1.86. The van der Waals surface area contributed by atoms with Crippen LogP contribution in [-0.4, -0.2) is 17.0 Å². The van der Waals surface area contributed by atoms with Crippen molar-refractivity contribution < 1.29 is 19.4 Å². The van der Waals surface area contributed by atoms with Crippen molar-refractivity contribution in [2.45, 2.75) is 20.3 Å². The van der Waals surface area contributed by atoms with Gasteiger partial charge in [-0.05, 0) is 12.5 Å². The van der Waals surface area contributed by atoms with E-state index in [1.54, 1.807) is 6.92 Å². The number of carbonyl (C=O) groups excluding carboxylic acids is 1. The third-order valence-electron chi connectivity index (χ3n) is 0.854. The predicted octanol–water partition coefficient (Wildman–Crippen LogP) is 0.928. The number of aliphatic carboxylic acids is 1. The fourth-order valence-corrected chi connectivity index (χ4v) is 0.513. The Hall–Kier alpha value is -1.32. The number of carbonyl (C=O) groups is 2. The maximum absolute atomic E-state index is 10.3. The molecule has 0 atom stereocenters. The number of ether oxygens (including phenoxy) is 1. The van der Waals surface area contributed by atoms with Gasteiger partial charge in [0.1, 0.15) is 0 Å². The zero-order valence-electron chi connectivity index (χ0n) is 6.46. The molecule has 0 heterocycles. The van der Waals surface area contributed by atoms with Crippen molar-refractivity contribution in [1.82, 2.24) is 0 Å². The lowest BCUT2D eigenvalue weighted by Crippen LogP contribution is -2.08. The summed E-state index contributed by atoms with van der Waals surface area (Å²) in [7, 11) is 0. The number of allylic oxidation sites excluding steroid dienone is 1. The summed E-state index contributed by atoms with van der Waals surface area (Å²) < 4.78 is 4.37. The number of hydrogen-bond donors (Lipinski definition) is 1. The Morgan fingerprint density at radius 2 is 2.09 bits per heavy atom. The molecule has 0 saturated heterocycles. The van der Waals surface area contributed by atoms with Crippen LogP contribution >= 0.6 is 0 Å². The second-order valence-corrected chi connectivity index (χ2v) is 1.88. The Kier molecular flexibility index (Phi) is 3.95. The van der Waals surface area contributed by atoms with E-state index in [-0.39, 0.29) is 5.76 Å². The van der Waals surface area contributed by atoms with Crippen molar-refractivity contribution in [3.63, 3.8) is 0 Å². The molecule has 0 aromatic heterocycles. The molecule has 4 nitrogen and oxygen atoms in total. The largest absolute Gasteiger partial charge is 0.475 e. The molecule has 0 amide bonds. The summed E-state index contributed by atoms with van der Waals surface area (Å²) in [5.74, 6) is -2.14. The smallest absolute Gasteiger partial charge is 0.371 e. The summed E-state index contributed by atoms with van der Waals surface area (Å²) >= 11 is 0. The quantitative estimate of drug-likeness (QED) is 0.377. The molecule has 62 valence electrons. The van der Waals surface area contributed by atoms with Crippen molar-refractivity contribution in [2.24, 2.45) is 0 Å². The van der Waals surface area contributed by atoms with Gasteiger partial charge in [-0.2, -0.15) is 0 Å². The Balaban J connectivity index is 4.23. The second kappa shape index (κ2) is 4.49. The Bertz CT molecular complexity index is 193. The molecule has 0 radical (unpaired) electrons. The Labute approximate surface area is 64.5 Å². The van der Waals surface area contributed by atoms with Crippen molar-refractivity contribution in [3.05, 3.63) is 11.8 Å². The van der Waals surface area contributed by atoms with E-state index >= 15 is 0 Å². The molecule has 0 aromatic carbocycles. The SMILES string of the molecule is CC/C=C(\OC(C)=O)C(=O)O. The van der Waals surface area contributed by atoms with Crippen molar-refractivity contribution in [3.8, 4) is 0 Å². The molecule has 0 rings (SSSR count). The van der Waals surface area contributed by atoms with Crippen LogP contribution < -0.4 is 0 Å². The lowest BCUT2D eigenvalue weighted by molar-refractivity contribution is -0.146. The maximum Gasteiger partial charge on any atom is 0.371 e. The van der Waals surface area contributed by atoms with Crippen LogP contribution in [0.2, 0.25) is 0 Å². The fourth-order valence-electron chi connectivity index (χ4n) is 0.513. The maximum atomic E-state index is 10.3. The van der Waals surface area contributed by atoms with Crippen LogP contribution in [0.5, 0.6) is 0 Å². The molecule has 4 heteroatoms. The molecule has 11 heavy (non-hydrogen) atoms. The lowest BCUT2D eigenvalue weighted by atomic mass is 10.4. The molecule has 0 aliphatic rings. The zero-order valence-corrected chi connectivity index (χ0v) is 6.46. The third-order valence-corrected chi connectivity index (χ3v) is 0.854. The Morgan fingerprint density at radius 3 is 2.36 bits per heavy atom. The van der Waals surface area contributed by atoms with E-state index in [2.05, 4.69) is 4.74 Å². The normalized spacial score (nSPS) is 10.9. The van der Waals surface area contributed by atoms with Gasteiger partial charge in [-0.1, -0.05) is 6.92 Å². The highest BCUT2D eigenvalue weighted by Gasteiger charge is 2.09. The number of carboxylic acid groups (broad SMARTS) is 1. The van der Waals surface area contributed by atoms with E-state index in [9.17, 15) is 9.59 Å². The standard InChI is InChI=1S/C7H10O4/c1-3-4-6(7(9)10)11-5(2)8/h4H,3H2,1-2H3,(H,9,10)/b6-4-. The van der Waals surface area contributed by atoms with E-state index in [1.807, 2.05) is 0 Å². The van der Waals surface area contributed by atoms with Crippen LogP contribution in [0.15, 0.2) is 11.8 Å². The van der Waals surface area contributed by atoms with Crippen LogP contribution in [0.25, 0.3) is 0 Å². The third kappa shape index (κ3) is 4.13. The summed E-state index contributed by atoms with van der Waals surface area (Å²) in [6, 6.07) is 0. The van der Waals surface area contributed by atoms with Crippen LogP contribution in [0.1, 0.15) is 20.3 Å². The summed E-state index contributed by atoms with van der Waals surface area (Å²) in [4.78, 5) is 20.6. The molecule has 0 unspecified atom stereocenters. The average molecular weight is 158 g/mol. The molecular formula is C7H10O4. The zero-order chi connectivity index (χ0) is 8.85. The highest BCUT2D eigenvalue weighted by molar-refractivity contribution is 5.87. The van der Waals surface area contributed by atoms with Crippen LogP contribution in [0.4, 0.5) is 0 Å². The first-order valence-electron chi connectivity index (χ1n) is 3.19. The highest BCUT2D eigenvalue weighted by atomic mass is 16.6. The van der Waals surface area contributed by atoms with Gasteiger partial charge in [0, 0.05) is 6.92 Å². The minimum atomic E-state index is -1.22. The first kappa shape index (κ1) is 9.68. The molecule has 0 aliphatic carbocycles. The van der Waals surface area contributed by atoms with Gasteiger partial charge in [0.05, 0.1) is 0 Å². The lowest BCUT2D eigenvalue weighted by Gasteiger charge is -1.99. The van der Waals surface area contributed by atoms with Gasteiger partial charge in [-0.3, -0.25) is 4.79 Å². The van der Waals surface area contributed by atoms with Gasteiger partial charge in [0.15, 0.2) is 0 Å². The number of esters is 1. The summed E-state index contributed by atoms with van der Waals surface area (Å²) in [5, 5.41) is 8.41. The minimum Gasteiger partial charge on any atom is -0.475 e. The molecule has 0 aromatic rings. The summed E-state index contributed by atoms with van der Waals surface area (Å²) in [5.41, 5.74) is 0. The molecule has 0 fully saturated rings. The summed E-state index contributed by atoms with van der Waals surface area (Å²) in [6.07, 6.45) is 1.86. The predicted molar refractivity (Wildman–Crippen MR) is 37.8 cm³/mol. The van der Waals surface area contributed by atoms with E-state index in [4.69, 9.17) is 5.11 Å². The van der Waals surface area contributed by atoms with Crippen LogP contribution in [-0.2, 0) is 14.3 Å². The number of rotatable bonds is 3. The molecule has 0 spiro atoms. The van der Waals surface area contributed by atoms with Gasteiger partial charge in [0.25, 0.3) is 0 Å². The van der Waals surface area contributed by atoms with Crippen LogP contribution in [0, 0.1) is 0 Å². The van der Waals surface area contributed by atoms with Crippen molar-refractivity contribution >= 4 is 11.9 Å². The molecule has 1 N–H and O–H groups in total. The monoisotopic (exact) mass is 158 g/mol. The minimum absolute atomic E-state index is 0.306. The van der Waals surface area contributed by atoms with E-state index in [1.165, 1.54) is 6.08 Å². The molecule has 0 bridgehead atoms. The van der Waals surface area contributed by atoms with E-state index in [0.717, 1.165) is 6.92 Å². The first-order chi connectivity index (χ1) is 5.07. The van der Waals surface area contributed by atoms with Crippen molar-refractivity contribution in [2.75, 3.05) is 0 Å². The molecule has 0 saturated carbocycles. The van der Waals surface area contributed by atoms with Gasteiger partial charge >= 0.3 is 11.9 Å². The van der Waals surface area contributed by atoms with Gasteiger partial charge in [-0.25, -0.2) is 4.79 Å².